The zero-order chi connectivity index (χ0) is 21.1. The molecule has 0 saturated carbocycles. The normalized spacial score (nSPS) is 15.2. The Morgan fingerprint density at radius 2 is 1.97 bits per heavy atom. The zero-order valence-electron chi connectivity index (χ0n) is 16.8. The molecular weight excluding hydrogens is 380 g/mol. The summed E-state index contributed by atoms with van der Waals surface area (Å²) in [6.07, 6.45) is 0.874. The third-order valence-corrected chi connectivity index (χ3v) is 5.01. The second-order valence-electron chi connectivity index (χ2n) is 6.86. The summed E-state index contributed by atoms with van der Waals surface area (Å²) >= 11 is 0. The largest absolute Gasteiger partial charge is 0.497 e. The minimum Gasteiger partial charge on any atom is -0.497 e. The highest BCUT2D eigenvalue weighted by Gasteiger charge is 2.37. The number of fused-ring (bicyclic) bond motifs is 1. The maximum atomic E-state index is 9.90. The molecule has 1 atom stereocenters. The first kappa shape index (κ1) is 19.4. The number of nitrogens with zero attached hydrogens (tertiary/aromatic N) is 2. The zero-order valence-corrected chi connectivity index (χ0v) is 16.8. The van der Waals surface area contributed by atoms with Crippen molar-refractivity contribution in [1.29, 1.82) is 5.26 Å². The lowest BCUT2D eigenvalue weighted by molar-refractivity contribution is 0.312. The number of methoxy groups -OCH3 is 1. The minimum absolute atomic E-state index is 0.0491. The average Bonchev–Trinajstić information content (AvgIpc) is 3.20. The molecule has 0 saturated heterocycles. The van der Waals surface area contributed by atoms with Crippen molar-refractivity contribution in [2.24, 2.45) is 5.73 Å². The second kappa shape index (κ2) is 8.21. The number of nitrogens with two attached hydrogens (primary N) is 1. The van der Waals surface area contributed by atoms with Gasteiger partial charge < -0.3 is 19.9 Å². The van der Waals surface area contributed by atoms with Gasteiger partial charge in [-0.2, -0.15) is 5.26 Å². The fourth-order valence-corrected chi connectivity index (χ4v) is 3.60. The Hall–Kier alpha value is -3.92. The predicted octanol–water partition coefficient (Wildman–Crippen LogP) is 4.09. The molecule has 0 unspecified atom stereocenters. The molecule has 2 heterocycles. The fourth-order valence-electron chi connectivity index (χ4n) is 3.60. The van der Waals surface area contributed by atoms with Crippen LogP contribution in [0.3, 0.4) is 0 Å². The highest BCUT2D eigenvalue weighted by Crippen LogP contribution is 2.47. The molecule has 0 amide bonds. The highest BCUT2D eigenvalue weighted by atomic mass is 16.5. The number of H-pyrrole nitrogens is 1. The maximum absolute atomic E-state index is 9.90. The van der Waals surface area contributed by atoms with Crippen molar-refractivity contribution in [2.75, 3.05) is 13.7 Å². The van der Waals surface area contributed by atoms with E-state index in [2.05, 4.69) is 16.3 Å². The highest BCUT2D eigenvalue weighted by molar-refractivity contribution is 5.72. The first-order chi connectivity index (χ1) is 14.7. The average molecular weight is 402 g/mol. The van der Waals surface area contributed by atoms with Crippen LogP contribution in [0.25, 0.3) is 11.3 Å². The first-order valence-electron chi connectivity index (χ1n) is 9.69. The van der Waals surface area contributed by atoms with Gasteiger partial charge in [0.05, 0.1) is 30.9 Å². The van der Waals surface area contributed by atoms with Crippen molar-refractivity contribution >= 4 is 0 Å². The molecule has 0 radical (unpaired) electrons. The molecule has 1 aliphatic rings. The van der Waals surface area contributed by atoms with E-state index in [1.807, 2.05) is 55.5 Å². The molecule has 7 heteroatoms. The monoisotopic (exact) mass is 402 g/mol. The van der Waals surface area contributed by atoms with E-state index >= 15 is 0 Å². The summed E-state index contributed by atoms with van der Waals surface area (Å²) in [6.45, 7) is 2.62. The number of allylic oxidation sites excluding steroid dienone is 1. The third-order valence-electron chi connectivity index (χ3n) is 5.01. The van der Waals surface area contributed by atoms with Gasteiger partial charge in [0.2, 0.25) is 11.8 Å². The molecular formula is C23H22N4O3. The van der Waals surface area contributed by atoms with Crippen LogP contribution in [0.15, 0.2) is 60.0 Å². The van der Waals surface area contributed by atoms with Gasteiger partial charge in [-0.25, -0.2) is 0 Å². The van der Waals surface area contributed by atoms with Crippen molar-refractivity contribution in [3.05, 3.63) is 71.1 Å². The van der Waals surface area contributed by atoms with Crippen molar-refractivity contribution in [2.45, 2.75) is 19.3 Å². The molecule has 2 aromatic carbocycles. The molecule has 3 aromatic rings. The number of nitrogens with one attached hydrogen (secondary N) is 1. The Bertz CT molecular complexity index is 1130. The van der Waals surface area contributed by atoms with E-state index in [-0.39, 0.29) is 5.88 Å². The Kier molecular flexibility index (Phi) is 5.31. The molecule has 3 N–H and O–H groups in total. The lowest BCUT2D eigenvalue weighted by Crippen LogP contribution is -2.21. The summed E-state index contributed by atoms with van der Waals surface area (Å²) in [5, 5.41) is 17.3. The van der Waals surface area contributed by atoms with Crippen LogP contribution in [0, 0.1) is 11.3 Å². The van der Waals surface area contributed by atoms with Gasteiger partial charge in [0.1, 0.15) is 23.1 Å². The van der Waals surface area contributed by atoms with Crippen LogP contribution < -0.4 is 19.9 Å². The van der Waals surface area contributed by atoms with Gasteiger partial charge >= 0.3 is 0 Å². The lowest BCUT2D eigenvalue weighted by atomic mass is 9.82. The Labute approximate surface area is 174 Å². The standard InChI is InChI=1S/C23H22N4O3/c1-3-12-29-18-7-5-4-6-16(18)19-17(13-24)22(25)30-23-20(19)21(26-27-23)14-8-10-15(28-2)11-9-14/h4-11,19H,3,12,25H2,1-2H3,(H,26,27)/t19-/m0/s1. The molecule has 1 aromatic heterocycles. The van der Waals surface area contributed by atoms with Gasteiger partial charge in [-0.15, -0.1) is 5.10 Å². The molecule has 1 aliphatic heterocycles. The number of hydrogen-bond donors (Lipinski definition) is 2. The summed E-state index contributed by atoms with van der Waals surface area (Å²) in [6, 6.07) is 17.5. The van der Waals surface area contributed by atoms with E-state index in [9.17, 15) is 5.26 Å². The number of aromatic amines is 1. The molecule has 4 rings (SSSR count). The van der Waals surface area contributed by atoms with Gasteiger partial charge in [0, 0.05) is 11.1 Å². The summed E-state index contributed by atoms with van der Waals surface area (Å²) < 4.78 is 16.9. The van der Waals surface area contributed by atoms with E-state index in [4.69, 9.17) is 19.9 Å². The molecule has 0 fully saturated rings. The van der Waals surface area contributed by atoms with Crippen molar-refractivity contribution in [3.63, 3.8) is 0 Å². The fraction of sp³-hybridized carbons (Fsp3) is 0.217. The number of benzene rings is 2. The first-order valence-corrected chi connectivity index (χ1v) is 9.69. The maximum Gasteiger partial charge on any atom is 0.244 e. The van der Waals surface area contributed by atoms with E-state index in [0.29, 0.717) is 23.8 Å². The molecule has 0 bridgehead atoms. The van der Waals surface area contributed by atoms with Gasteiger partial charge in [-0.3, -0.25) is 5.10 Å². The van der Waals surface area contributed by atoms with Crippen LogP contribution in [0.4, 0.5) is 0 Å². The van der Waals surface area contributed by atoms with Crippen molar-refractivity contribution < 1.29 is 14.2 Å². The molecule has 30 heavy (non-hydrogen) atoms. The molecule has 7 nitrogen and oxygen atoms in total. The summed E-state index contributed by atoms with van der Waals surface area (Å²) in [4.78, 5) is 0. The van der Waals surface area contributed by atoms with Gasteiger partial charge in [0.15, 0.2) is 0 Å². The van der Waals surface area contributed by atoms with Crippen molar-refractivity contribution in [3.8, 4) is 34.7 Å². The number of rotatable bonds is 6. The van der Waals surface area contributed by atoms with Crippen LogP contribution in [0.5, 0.6) is 17.4 Å². The van der Waals surface area contributed by atoms with Crippen LogP contribution in [-0.2, 0) is 0 Å². The number of aromatic nitrogens is 2. The van der Waals surface area contributed by atoms with Crippen LogP contribution in [0.2, 0.25) is 0 Å². The number of hydrogen-bond acceptors (Lipinski definition) is 6. The minimum atomic E-state index is -0.470. The SMILES string of the molecule is CCCOc1ccccc1[C@H]1C(C#N)=C(N)Oc2n[nH]c(-c3ccc(OC)cc3)c21. The van der Waals surface area contributed by atoms with Gasteiger partial charge in [-0.1, -0.05) is 25.1 Å². The van der Waals surface area contributed by atoms with E-state index in [0.717, 1.165) is 34.6 Å². The Morgan fingerprint density at radius 1 is 1.20 bits per heavy atom. The predicted molar refractivity (Wildman–Crippen MR) is 112 cm³/mol. The summed E-state index contributed by atoms with van der Waals surface area (Å²) in [7, 11) is 1.62. The quantitative estimate of drug-likeness (QED) is 0.643. The summed E-state index contributed by atoms with van der Waals surface area (Å²) in [5.41, 5.74) is 9.65. The molecule has 0 spiro atoms. The Morgan fingerprint density at radius 3 is 2.67 bits per heavy atom. The van der Waals surface area contributed by atoms with E-state index in [1.54, 1.807) is 7.11 Å². The summed E-state index contributed by atoms with van der Waals surface area (Å²) in [5.74, 6) is 1.39. The van der Waals surface area contributed by atoms with Gasteiger partial charge in [0.25, 0.3) is 0 Å². The second-order valence-corrected chi connectivity index (χ2v) is 6.86. The van der Waals surface area contributed by atoms with Crippen LogP contribution >= 0.6 is 0 Å². The Balaban J connectivity index is 1.89. The number of ether oxygens (including phenoxy) is 3. The van der Waals surface area contributed by atoms with E-state index < -0.39 is 5.92 Å². The topological polar surface area (TPSA) is 106 Å². The number of para-hydroxylation sites is 1. The van der Waals surface area contributed by atoms with Crippen molar-refractivity contribution in [1.82, 2.24) is 10.2 Å². The number of nitriles is 1. The van der Waals surface area contributed by atoms with Gasteiger partial charge in [-0.05, 0) is 36.8 Å². The van der Waals surface area contributed by atoms with E-state index in [1.165, 1.54) is 0 Å². The smallest absolute Gasteiger partial charge is 0.244 e. The molecule has 0 aliphatic carbocycles. The third kappa shape index (κ3) is 3.33. The van der Waals surface area contributed by atoms with Crippen LogP contribution in [0.1, 0.15) is 30.4 Å². The molecule has 152 valence electrons. The van der Waals surface area contributed by atoms with Crippen LogP contribution in [-0.4, -0.2) is 23.9 Å². The lowest BCUT2D eigenvalue weighted by Gasteiger charge is -2.25.